The van der Waals surface area contributed by atoms with Gasteiger partial charge in [-0.2, -0.15) is 13.2 Å². The predicted octanol–water partition coefficient (Wildman–Crippen LogP) is 1.55. The van der Waals surface area contributed by atoms with Crippen LogP contribution in [0, 0.1) is 0 Å². The van der Waals surface area contributed by atoms with Crippen LogP contribution in [0.2, 0.25) is 0 Å². The largest absolute Gasteiger partial charge is 0.417 e. The van der Waals surface area contributed by atoms with Gasteiger partial charge >= 0.3 is 6.18 Å². The molecule has 7 nitrogen and oxygen atoms in total. The van der Waals surface area contributed by atoms with Crippen LogP contribution in [0.15, 0.2) is 18.5 Å². The summed E-state index contributed by atoms with van der Waals surface area (Å²) < 4.78 is 39.6. The minimum Gasteiger partial charge on any atom is -0.339 e. The van der Waals surface area contributed by atoms with Crippen molar-refractivity contribution in [3.8, 4) is 0 Å². The monoisotopic (exact) mass is 439 g/mol. The summed E-state index contributed by atoms with van der Waals surface area (Å²) in [6, 6.07) is 1.52. The summed E-state index contributed by atoms with van der Waals surface area (Å²) >= 11 is 0. The Balaban J connectivity index is 1.25. The maximum atomic E-state index is 13.2. The second-order valence-corrected chi connectivity index (χ2v) is 8.49. The van der Waals surface area contributed by atoms with Gasteiger partial charge < -0.3 is 9.80 Å². The Hall–Kier alpha value is -2.20. The first-order chi connectivity index (χ1) is 14.8. The normalized spacial score (nSPS) is 21.8. The van der Waals surface area contributed by atoms with Gasteiger partial charge in [-0.05, 0) is 18.9 Å². The highest BCUT2D eigenvalue weighted by Crippen LogP contribution is 2.32. The molecule has 0 N–H and O–H groups in total. The summed E-state index contributed by atoms with van der Waals surface area (Å²) in [6.07, 6.45) is 1.24. The molecule has 1 aliphatic carbocycles. The molecular weight excluding hydrogens is 411 g/mol. The second kappa shape index (κ2) is 9.12. The maximum absolute atomic E-state index is 13.2. The minimum atomic E-state index is -4.61. The fourth-order valence-corrected chi connectivity index (χ4v) is 4.47. The molecule has 1 saturated carbocycles. The number of amides is 2. The zero-order valence-corrected chi connectivity index (χ0v) is 17.5. The van der Waals surface area contributed by atoms with Gasteiger partial charge in [0.2, 0.25) is 5.91 Å². The first kappa shape index (κ1) is 22.0. The van der Waals surface area contributed by atoms with Crippen molar-refractivity contribution in [2.24, 2.45) is 0 Å². The Kier molecular flexibility index (Phi) is 6.47. The van der Waals surface area contributed by atoms with E-state index in [4.69, 9.17) is 0 Å². The van der Waals surface area contributed by atoms with E-state index in [-0.39, 0.29) is 25.5 Å². The quantitative estimate of drug-likeness (QED) is 0.713. The van der Waals surface area contributed by atoms with Gasteiger partial charge in [-0.15, -0.1) is 0 Å². The van der Waals surface area contributed by atoms with Gasteiger partial charge in [0.25, 0.3) is 5.91 Å². The van der Waals surface area contributed by atoms with E-state index in [1.54, 1.807) is 0 Å². The Bertz CT molecular complexity index is 798. The predicted molar refractivity (Wildman–Crippen MR) is 107 cm³/mol. The number of alkyl halides is 3. The highest BCUT2D eigenvalue weighted by molar-refractivity contribution is 5.95. The van der Waals surface area contributed by atoms with E-state index in [1.807, 2.05) is 9.80 Å². The van der Waals surface area contributed by atoms with Gasteiger partial charge in [0.05, 0.1) is 17.7 Å². The van der Waals surface area contributed by atoms with Gasteiger partial charge in [-0.3, -0.25) is 24.4 Å². The smallest absolute Gasteiger partial charge is 0.339 e. The highest BCUT2D eigenvalue weighted by atomic mass is 19.4. The van der Waals surface area contributed by atoms with E-state index in [2.05, 4.69) is 9.88 Å². The third-order valence-corrected chi connectivity index (χ3v) is 6.63. The van der Waals surface area contributed by atoms with E-state index in [0.717, 1.165) is 44.6 Å². The number of pyridine rings is 1. The second-order valence-electron chi connectivity index (χ2n) is 8.49. The third-order valence-electron chi connectivity index (χ3n) is 6.63. The molecule has 0 atom stereocenters. The van der Waals surface area contributed by atoms with Gasteiger partial charge in [-0.1, -0.05) is 6.42 Å². The number of hydrogen-bond donors (Lipinski definition) is 0. The topological polar surface area (TPSA) is 60.0 Å². The Morgan fingerprint density at radius 1 is 0.968 bits per heavy atom. The number of carbonyl (C=O) groups is 2. The van der Waals surface area contributed by atoms with Crippen molar-refractivity contribution >= 4 is 11.8 Å². The van der Waals surface area contributed by atoms with E-state index in [9.17, 15) is 22.8 Å². The lowest BCUT2D eigenvalue weighted by Crippen LogP contribution is -2.56. The summed E-state index contributed by atoms with van der Waals surface area (Å²) in [6.45, 7) is 5.11. The molecule has 3 aliphatic rings. The van der Waals surface area contributed by atoms with Gasteiger partial charge in [0, 0.05) is 70.8 Å². The molecule has 2 aliphatic heterocycles. The first-order valence-electron chi connectivity index (χ1n) is 10.9. The van der Waals surface area contributed by atoms with Crippen LogP contribution in [0.3, 0.4) is 0 Å². The van der Waals surface area contributed by atoms with Gasteiger partial charge in [-0.25, -0.2) is 0 Å². The number of aromatic nitrogens is 1. The summed E-state index contributed by atoms with van der Waals surface area (Å²) in [7, 11) is 0. The van der Waals surface area contributed by atoms with Crippen molar-refractivity contribution in [2.45, 2.75) is 31.5 Å². The zero-order valence-electron chi connectivity index (χ0n) is 17.5. The van der Waals surface area contributed by atoms with Crippen LogP contribution in [0.1, 0.15) is 35.2 Å². The number of rotatable bonds is 4. The zero-order chi connectivity index (χ0) is 22.0. The SMILES string of the molecule is O=C(CN1CCN(C(=O)c2cnccc2C(F)(F)F)CC1)N1CCN(C2CCC2)CC1. The molecule has 0 spiro atoms. The lowest BCUT2D eigenvalue weighted by molar-refractivity contribution is -0.138. The average Bonchev–Trinajstić information content (AvgIpc) is 2.72. The summed E-state index contributed by atoms with van der Waals surface area (Å²) in [5.41, 5.74) is -1.39. The molecule has 4 rings (SSSR count). The molecule has 170 valence electrons. The van der Waals surface area contributed by atoms with Crippen LogP contribution in [0.25, 0.3) is 0 Å². The molecule has 2 amide bonds. The Labute approximate surface area is 179 Å². The van der Waals surface area contributed by atoms with Crippen molar-refractivity contribution in [2.75, 3.05) is 58.9 Å². The van der Waals surface area contributed by atoms with Crippen molar-refractivity contribution in [1.29, 1.82) is 0 Å². The lowest BCUT2D eigenvalue weighted by atomic mass is 9.91. The van der Waals surface area contributed by atoms with Crippen LogP contribution in [0.5, 0.6) is 0 Å². The number of carbonyl (C=O) groups excluding carboxylic acids is 2. The molecule has 2 saturated heterocycles. The van der Waals surface area contributed by atoms with E-state index in [1.165, 1.54) is 24.2 Å². The van der Waals surface area contributed by atoms with Gasteiger partial charge in [0.15, 0.2) is 0 Å². The molecule has 10 heteroatoms. The standard InChI is InChI=1S/C21H28F3N5O2/c22-21(23,24)18-4-5-25-14-17(18)20(31)29-8-6-26(7-9-29)15-19(30)28-12-10-27(11-13-28)16-2-1-3-16/h4-5,14,16H,1-3,6-13,15H2. The molecule has 0 radical (unpaired) electrons. The third kappa shape index (κ3) is 5.01. The van der Waals surface area contributed by atoms with E-state index < -0.39 is 23.2 Å². The number of piperazine rings is 2. The summed E-state index contributed by atoms with van der Waals surface area (Å²) in [5.74, 6) is -0.585. The Morgan fingerprint density at radius 3 is 2.19 bits per heavy atom. The molecule has 1 aromatic rings. The molecule has 1 aromatic heterocycles. The summed E-state index contributed by atoms with van der Waals surface area (Å²) in [4.78, 5) is 36.8. The van der Waals surface area contributed by atoms with E-state index in [0.29, 0.717) is 19.1 Å². The molecule has 0 aromatic carbocycles. The van der Waals surface area contributed by atoms with Crippen molar-refractivity contribution < 1.29 is 22.8 Å². The first-order valence-corrected chi connectivity index (χ1v) is 10.9. The fourth-order valence-electron chi connectivity index (χ4n) is 4.47. The number of hydrogen-bond acceptors (Lipinski definition) is 5. The Morgan fingerprint density at radius 2 is 1.61 bits per heavy atom. The van der Waals surface area contributed by atoms with Gasteiger partial charge in [0.1, 0.15) is 0 Å². The van der Waals surface area contributed by atoms with Crippen molar-refractivity contribution in [3.05, 3.63) is 29.6 Å². The molecule has 3 heterocycles. The van der Waals surface area contributed by atoms with Crippen LogP contribution in [0.4, 0.5) is 13.2 Å². The van der Waals surface area contributed by atoms with Crippen molar-refractivity contribution in [3.63, 3.8) is 0 Å². The van der Waals surface area contributed by atoms with Crippen molar-refractivity contribution in [1.82, 2.24) is 24.6 Å². The maximum Gasteiger partial charge on any atom is 0.417 e. The number of halogens is 3. The van der Waals surface area contributed by atoms with Crippen LogP contribution < -0.4 is 0 Å². The minimum absolute atomic E-state index is 0.0830. The van der Waals surface area contributed by atoms with Crippen LogP contribution in [-0.2, 0) is 11.0 Å². The lowest BCUT2D eigenvalue weighted by Gasteiger charge is -2.43. The molecule has 3 fully saturated rings. The molecule has 0 unspecified atom stereocenters. The molecular formula is C21H28F3N5O2. The average molecular weight is 439 g/mol. The number of nitrogens with zero attached hydrogens (tertiary/aromatic N) is 5. The fraction of sp³-hybridized carbons (Fsp3) is 0.667. The molecule has 31 heavy (non-hydrogen) atoms. The van der Waals surface area contributed by atoms with Crippen LogP contribution >= 0.6 is 0 Å². The van der Waals surface area contributed by atoms with E-state index >= 15 is 0 Å². The van der Waals surface area contributed by atoms with Crippen LogP contribution in [-0.4, -0.2) is 101 Å². The summed E-state index contributed by atoms with van der Waals surface area (Å²) in [5, 5.41) is 0. The molecule has 0 bridgehead atoms. The highest BCUT2D eigenvalue weighted by Gasteiger charge is 2.37.